The van der Waals surface area contributed by atoms with Crippen LogP contribution in [0.15, 0.2) is 18.2 Å². The Morgan fingerprint density at radius 2 is 2.00 bits per heavy atom. The normalized spacial score (nSPS) is 11.4. The lowest BCUT2D eigenvalue weighted by atomic mass is 10.0. The molecule has 0 aromatic heterocycles. The number of hydrogen-bond donors (Lipinski definition) is 2. The van der Waals surface area contributed by atoms with Crippen LogP contribution in [0.25, 0.3) is 0 Å². The molecule has 3 nitrogen and oxygen atoms in total. The lowest BCUT2D eigenvalue weighted by molar-refractivity contribution is -0.136. The van der Waals surface area contributed by atoms with Gasteiger partial charge < -0.3 is 10.8 Å². The van der Waals surface area contributed by atoms with Gasteiger partial charge in [0.15, 0.2) is 0 Å². The van der Waals surface area contributed by atoms with E-state index in [-0.39, 0.29) is 17.7 Å². The summed E-state index contributed by atoms with van der Waals surface area (Å²) in [6.45, 7) is 0. The molecule has 0 amide bonds. The van der Waals surface area contributed by atoms with E-state index < -0.39 is 18.6 Å². The molecule has 0 radical (unpaired) electrons. The summed E-state index contributed by atoms with van der Waals surface area (Å²) in [5.74, 6) is -1.05. The third kappa shape index (κ3) is 3.80. The van der Waals surface area contributed by atoms with Crippen molar-refractivity contribution in [3.8, 4) is 0 Å². The van der Waals surface area contributed by atoms with Crippen molar-refractivity contribution in [3.05, 3.63) is 29.3 Å². The van der Waals surface area contributed by atoms with Gasteiger partial charge in [0.25, 0.3) is 0 Å². The SMILES string of the molecule is Nc1cc(CC(=O)O)ccc1CC(F)(F)F. The molecule has 16 heavy (non-hydrogen) atoms. The first-order chi connectivity index (χ1) is 7.28. The van der Waals surface area contributed by atoms with E-state index >= 15 is 0 Å². The number of carbonyl (C=O) groups is 1. The number of anilines is 1. The van der Waals surface area contributed by atoms with Gasteiger partial charge in [0.1, 0.15) is 0 Å². The van der Waals surface area contributed by atoms with Crippen LogP contribution in [-0.4, -0.2) is 17.3 Å². The monoisotopic (exact) mass is 233 g/mol. The highest BCUT2D eigenvalue weighted by Gasteiger charge is 2.28. The van der Waals surface area contributed by atoms with E-state index in [0.29, 0.717) is 5.56 Å². The predicted molar refractivity (Wildman–Crippen MR) is 52.0 cm³/mol. The van der Waals surface area contributed by atoms with Gasteiger partial charge in [-0.1, -0.05) is 12.1 Å². The topological polar surface area (TPSA) is 63.3 Å². The number of benzene rings is 1. The molecule has 6 heteroatoms. The van der Waals surface area contributed by atoms with E-state index in [9.17, 15) is 18.0 Å². The van der Waals surface area contributed by atoms with Crippen LogP contribution in [0, 0.1) is 0 Å². The zero-order chi connectivity index (χ0) is 12.3. The van der Waals surface area contributed by atoms with Crippen LogP contribution in [0.1, 0.15) is 11.1 Å². The highest BCUT2D eigenvalue weighted by molar-refractivity contribution is 5.71. The lowest BCUT2D eigenvalue weighted by Gasteiger charge is -2.10. The number of aliphatic carboxylic acids is 1. The fraction of sp³-hybridized carbons (Fsp3) is 0.300. The molecule has 3 N–H and O–H groups in total. The summed E-state index contributed by atoms with van der Waals surface area (Å²) < 4.78 is 36.2. The fourth-order valence-corrected chi connectivity index (χ4v) is 1.31. The third-order valence-electron chi connectivity index (χ3n) is 1.96. The van der Waals surface area contributed by atoms with Gasteiger partial charge in [-0.3, -0.25) is 4.79 Å². The average molecular weight is 233 g/mol. The highest BCUT2D eigenvalue weighted by atomic mass is 19.4. The van der Waals surface area contributed by atoms with E-state index in [4.69, 9.17) is 10.8 Å². The Balaban J connectivity index is 2.87. The Hall–Kier alpha value is -1.72. The van der Waals surface area contributed by atoms with E-state index in [0.717, 1.165) is 0 Å². The standard InChI is InChI=1S/C10H10F3NO2/c11-10(12,13)5-7-2-1-6(3-8(7)14)4-9(15)16/h1-3H,4-5,14H2,(H,15,16). The van der Waals surface area contributed by atoms with Crippen molar-refractivity contribution < 1.29 is 23.1 Å². The minimum Gasteiger partial charge on any atom is -0.481 e. The molecule has 0 unspecified atom stereocenters. The average Bonchev–Trinajstić information content (AvgIpc) is 2.06. The van der Waals surface area contributed by atoms with Crippen LogP contribution in [0.5, 0.6) is 0 Å². The lowest BCUT2D eigenvalue weighted by Crippen LogP contribution is -2.13. The van der Waals surface area contributed by atoms with Gasteiger partial charge in [0.05, 0.1) is 12.8 Å². The fourth-order valence-electron chi connectivity index (χ4n) is 1.31. The van der Waals surface area contributed by atoms with Gasteiger partial charge in [-0.05, 0) is 17.2 Å². The Morgan fingerprint density at radius 1 is 1.38 bits per heavy atom. The van der Waals surface area contributed by atoms with Crippen molar-refractivity contribution in [2.75, 3.05) is 5.73 Å². The number of carboxylic acids is 1. The number of carboxylic acid groups (broad SMARTS) is 1. The second-order valence-corrected chi connectivity index (χ2v) is 3.40. The number of hydrogen-bond acceptors (Lipinski definition) is 2. The summed E-state index contributed by atoms with van der Waals surface area (Å²) in [6.07, 6.45) is -5.68. The molecule has 1 rings (SSSR count). The van der Waals surface area contributed by atoms with Crippen molar-refractivity contribution in [1.82, 2.24) is 0 Å². The largest absolute Gasteiger partial charge is 0.481 e. The Morgan fingerprint density at radius 3 is 2.44 bits per heavy atom. The first kappa shape index (κ1) is 12.4. The maximum absolute atomic E-state index is 12.1. The van der Waals surface area contributed by atoms with E-state index in [2.05, 4.69) is 0 Å². The van der Waals surface area contributed by atoms with Crippen LogP contribution in [0.3, 0.4) is 0 Å². The van der Waals surface area contributed by atoms with Crippen molar-refractivity contribution in [3.63, 3.8) is 0 Å². The molecular formula is C10H10F3NO2. The van der Waals surface area contributed by atoms with Gasteiger partial charge in [0.2, 0.25) is 0 Å². The maximum atomic E-state index is 12.1. The van der Waals surface area contributed by atoms with Crippen molar-refractivity contribution in [2.45, 2.75) is 19.0 Å². The number of nitrogens with two attached hydrogens (primary N) is 1. The molecule has 0 aliphatic carbocycles. The van der Waals surface area contributed by atoms with Crippen LogP contribution in [-0.2, 0) is 17.6 Å². The quantitative estimate of drug-likeness (QED) is 0.785. The first-order valence-corrected chi connectivity index (χ1v) is 4.44. The summed E-state index contributed by atoms with van der Waals surface area (Å²) in [5, 5.41) is 8.49. The summed E-state index contributed by atoms with van der Waals surface area (Å²) >= 11 is 0. The molecule has 0 aliphatic heterocycles. The molecule has 0 bridgehead atoms. The van der Waals surface area contributed by atoms with E-state index in [1.807, 2.05) is 0 Å². The molecule has 0 fully saturated rings. The Labute approximate surface area is 89.7 Å². The van der Waals surface area contributed by atoms with E-state index in [1.54, 1.807) is 0 Å². The first-order valence-electron chi connectivity index (χ1n) is 4.44. The van der Waals surface area contributed by atoms with Crippen LogP contribution < -0.4 is 5.73 Å². The molecule has 1 aromatic rings. The van der Waals surface area contributed by atoms with E-state index in [1.165, 1.54) is 18.2 Å². The Bertz CT molecular complexity index is 402. The molecule has 0 spiro atoms. The number of nitrogen functional groups attached to an aromatic ring is 1. The molecular weight excluding hydrogens is 223 g/mol. The van der Waals surface area contributed by atoms with Crippen LogP contribution >= 0.6 is 0 Å². The zero-order valence-corrected chi connectivity index (χ0v) is 8.21. The smallest absolute Gasteiger partial charge is 0.393 e. The van der Waals surface area contributed by atoms with Gasteiger partial charge in [-0.2, -0.15) is 13.2 Å². The maximum Gasteiger partial charge on any atom is 0.393 e. The predicted octanol–water partition coefficient (Wildman–Crippen LogP) is 2.00. The molecule has 88 valence electrons. The van der Waals surface area contributed by atoms with Crippen LogP contribution in [0.4, 0.5) is 18.9 Å². The summed E-state index contributed by atoms with van der Waals surface area (Å²) in [5.41, 5.74) is 5.72. The van der Waals surface area contributed by atoms with Gasteiger partial charge in [-0.25, -0.2) is 0 Å². The summed E-state index contributed by atoms with van der Waals surface area (Å²) in [7, 11) is 0. The molecule has 0 atom stereocenters. The zero-order valence-electron chi connectivity index (χ0n) is 8.21. The van der Waals surface area contributed by atoms with Gasteiger partial charge >= 0.3 is 12.1 Å². The molecule has 0 saturated carbocycles. The van der Waals surface area contributed by atoms with Crippen molar-refractivity contribution in [1.29, 1.82) is 0 Å². The molecule has 0 aliphatic rings. The molecule has 1 aromatic carbocycles. The highest BCUT2D eigenvalue weighted by Crippen LogP contribution is 2.25. The number of halogens is 3. The summed E-state index contributed by atoms with van der Waals surface area (Å²) in [4.78, 5) is 10.4. The minimum atomic E-state index is -4.32. The van der Waals surface area contributed by atoms with Crippen molar-refractivity contribution in [2.24, 2.45) is 0 Å². The van der Waals surface area contributed by atoms with Gasteiger partial charge in [-0.15, -0.1) is 0 Å². The third-order valence-corrected chi connectivity index (χ3v) is 1.96. The van der Waals surface area contributed by atoms with Gasteiger partial charge in [0, 0.05) is 5.69 Å². The van der Waals surface area contributed by atoms with Crippen LogP contribution in [0.2, 0.25) is 0 Å². The second-order valence-electron chi connectivity index (χ2n) is 3.40. The number of rotatable bonds is 3. The molecule has 0 heterocycles. The minimum absolute atomic E-state index is 0.0314. The van der Waals surface area contributed by atoms with Crippen molar-refractivity contribution >= 4 is 11.7 Å². The molecule has 0 saturated heterocycles. The number of alkyl halides is 3. The Kier molecular flexibility index (Phi) is 3.41. The summed E-state index contributed by atoms with van der Waals surface area (Å²) in [6, 6.07) is 3.81. The second kappa shape index (κ2) is 4.42.